The third-order valence-corrected chi connectivity index (χ3v) is 3.06. The Bertz CT molecular complexity index is 247. The van der Waals surface area contributed by atoms with Crippen LogP contribution in [0.2, 0.25) is 0 Å². The molecule has 72 valence electrons. The zero-order chi connectivity index (χ0) is 9.42. The van der Waals surface area contributed by atoms with Crippen molar-refractivity contribution in [2.24, 2.45) is 17.8 Å². The van der Waals surface area contributed by atoms with Crippen LogP contribution in [0, 0.1) is 17.8 Å². The molecule has 0 aromatic rings. The van der Waals surface area contributed by atoms with Gasteiger partial charge in [-0.25, -0.2) is 0 Å². The molecule has 0 radical (unpaired) electrons. The summed E-state index contributed by atoms with van der Waals surface area (Å²) in [6, 6.07) is 0. The monoisotopic (exact) mass is 182 g/mol. The summed E-state index contributed by atoms with van der Waals surface area (Å²) >= 11 is 0. The van der Waals surface area contributed by atoms with E-state index >= 15 is 0 Å². The number of ketones is 1. The third-order valence-electron chi connectivity index (χ3n) is 3.06. The Kier molecular flexibility index (Phi) is 2.10. The van der Waals surface area contributed by atoms with Gasteiger partial charge in [-0.15, -0.1) is 0 Å². The van der Waals surface area contributed by atoms with E-state index < -0.39 is 0 Å². The molecule has 2 rings (SSSR count). The molecule has 0 heterocycles. The van der Waals surface area contributed by atoms with E-state index in [0.717, 1.165) is 12.8 Å². The molecule has 3 heteroatoms. The zero-order valence-electron chi connectivity index (χ0n) is 7.79. The van der Waals surface area contributed by atoms with E-state index in [1.807, 2.05) is 0 Å². The van der Waals surface area contributed by atoms with Crippen LogP contribution in [0.15, 0.2) is 0 Å². The molecular weight excluding hydrogens is 168 g/mol. The largest absolute Gasteiger partial charge is 0.466 e. The molecule has 0 saturated heterocycles. The molecule has 2 aliphatic rings. The number of fused-ring (bicyclic) bond motifs is 1. The molecule has 0 spiro atoms. The molecular formula is C10H14O3. The minimum Gasteiger partial charge on any atom is -0.466 e. The van der Waals surface area contributed by atoms with Gasteiger partial charge >= 0.3 is 5.97 Å². The summed E-state index contributed by atoms with van der Waals surface area (Å²) in [5.74, 6) is 0.366. The van der Waals surface area contributed by atoms with E-state index in [1.54, 1.807) is 6.92 Å². The van der Waals surface area contributed by atoms with E-state index in [1.165, 1.54) is 0 Å². The van der Waals surface area contributed by atoms with Crippen LogP contribution in [0.1, 0.15) is 26.2 Å². The number of Topliss-reactive ketones (excluding diaryl/α,β-unsaturated/α-hetero) is 1. The summed E-state index contributed by atoms with van der Waals surface area (Å²) in [6.45, 7) is 2.22. The van der Waals surface area contributed by atoms with Gasteiger partial charge in [0.05, 0.1) is 12.5 Å². The predicted octanol–water partition coefficient (Wildman–Crippen LogP) is 1.16. The summed E-state index contributed by atoms with van der Waals surface area (Å²) in [7, 11) is 0. The van der Waals surface area contributed by atoms with Crippen LogP contribution < -0.4 is 0 Å². The van der Waals surface area contributed by atoms with Crippen molar-refractivity contribution in [1.29, 1.82) is 0 Å². The summed E-state index contributed by atoms with van der Waals surface area (Å²) in [6.07, 6.45) is 2.65. The normalized spacial score (nSPS) is 36.7. The van der Waals surface area contributed by atoms with Crippen LogP contribution in [0.3, 0.4) is 0 Å². The standard InChI is InChI=1S/C10H14O3/c1-2-13-10(12)9-6-4-3-5-7(11)8(6)9/h6,8-9H,2-5H2,1H3/t6-,8-,9+/m1/s1. The maximum atomic E-state index is 11.3. The lowest BCUT2D eigenvalue weighted by atomic mass is 10.00. The number of carbonyl (C=O) groups excluding carboxylic acids is 2. The van der Waals surface area contributed by atoms with Crippen molar-refractivity contribution in [2.75, 3.05) is 6.61 Å². The van der Waals surface area contributed by atoms with Crippen LogP contribution in [0.5, 0.6) is 0 Å². The van der Waals surface area contributed by atoms with Gasteiger partial charge in [-0.05, 0) is 25.7 Å². The molecule has 0 aliphatic heterocycles. The molecule has 2 saturated carbocycles. The Labute approximate surface area is 77.4 Å². The Balaban J connectivity index is 1.97. The number of esters is 1. The molecule has 0 aromatic carbocycles. The first-order valence-electron chi connectivity index (χ1n) is 4.95. The van der Waals surface area contributed by atoms with Gasteiger partial charge in [0.1, 0.15) is 5.78 Å². The van der Waals surface area contributed by atoms with Gasteiger partial charge < -0.3 is 4.74 Å². The highest BCUT2D eigenvalue weighted by molar-refractivity contribution is 5.93. The molecule has 13 heavy (non-hydrogen) atoms. The van der Waals surface area contributed by atoms with Crippen LogP contribution in [0.25, 0.3) is 0 Å². The second-order valence-electron chi connectivity index (χ2n) is 3.83. The molecule has 0 bridgehead atoms. The summed E-state index contributed by atoms with van der Waals surface area (Å²) in [4.78, 5) is 22.7. The van der Waals surface area contributed by atoms with Gasteiger partial charge in [0.15, 0.2) is 0 Å². The average molecular weight is 182 g/mol. The minimum atomic E-state index is -0.159. The number of rotatable bonds is 2. The lowest BCUT2D eigenvalue weighted by Crippen LogP contribution is -2.11. The molecule has 3 atom stereocenters. The number of carbonyl (C=O) groups is 2. The minimum absolute atomic E-state index is 0.0211. The van der Waals surface area contributed by atoms with Gasteiger partial charge in [-0.1, -0.05) is 0 Å². The quantitative estimate of drug-likeness (QED) is 0.602. The van der Waals surface area contributed by atoms with Gasteiger partial charge in [-0.2, -0.15) is 0 Å². The molecule has 0 N–H and O–H groups in total. The number of hydrogen-bond donors (Lipinski definition) is 0. The van der Waals surface area contributed by atoms with Gasteiger partial charge in [0.25, 0.3) is 0 Å². The van der Waals surface area contributed by atoms with Crippen LogP contribution in [-0.4, -0.2) is 18.4 Å². The van der Waals surface area contributed by atoms with Crippen molar-refractivity contribution in [3.05, 3.63) is 0 Å². The zero-order valence-corrected chi connectivity index (χ0v) is 7.79. The molecule has 2 aliphatic carbocycles. The first kappa shape index (κ1) is 8.73. The van der Waals surface area contributed by atoms with E-state index in [9.17, 15) is 9.59 Å². The maximum Gasteiger partial charge on any atom is 0.309 e. The first-order valence-corrected chi connectivity index (χ1v) is 4.95. The summed E-state index contributed by atoms with van der Waals surface area (Å²) in [5.41, 5.74) is 0. The highest BCUT2D eigenvalue weighted by atomic mass is 16.5. The van der Waals surface area contributed by atoms with E-state index in [2.05, 4.69) is 0 Å². The fraction of sp³-hybridized carbons (Fsp3) is 0.800. The van der Waals surface area contributed by atoms with Crippen LogP contribution in [-0.2, 0) is 14.3 Å². The Morgan fingerprint density at radius 3 is 3.00 bits per heavy atom. The highest BCUT2D eigenvalue weighted by Gasteiger charge is 2.60. The van der Waals surface area contributed by atoms with Crippen LogP contribution >= 0.6 is 0 Å². The average Bonchev–Trinajstić information content (AvgIpc) is 2.80. The Morgan fingerprint density at radius 2 is 2.38 bits per heavy atom. The molecule has 0 unspecified atom stereocenters. The second kappa shape index (κ2) is 3.13. The second-order valence-corrected chi connectivity index (χ2v) is 3.83. The Hall–Kier alpha value is -0.860. The molecule has 0 amide bonds. The van der Waals surface area contributed by atoms with Crippen molar-refractivity contribution in [2.45, 2.75) is 26.2 Å². The van der Waals surface area contributed by atoms with Gasteiger partial charge in [0, 0.05) is 12.3 Å². The topological polar surface area (TPSA) is 43.4 Å². The highest BCUT2D eigenvalue weighted by Crippen LogP contribution is 2.54. The van der Waals surface area contributed by atoms with Crippen LogP contribution in [0.4, 0.5) is 0 Å². The third kappa shape index (κ3) is 1.36. The van der Waals surface area contributed by atoms with Crippen molar-refractivity contribution in [3.8, 4) is 0 Å². The van der Waals surface area contributed by atoms with Crippen molar-refractivity contribution in [1.82, 2.24) is 0 Å². The molecule has 2 fully saturated rings. The fourth-order valence-electron chi connectivity index (χ4n) is 2.41. The van der Waals surface area contributed by atoms with Crippen molar-refractivity contribution >= 4 is 11.8 Å². The lowest BCUT2D eigenvalue weighted by molar-refractivity contribution is -0.146. The number of ether oxygens (including phenoxy) is 1. The number of hydrogen-bond acceptors (Lipinski definition) is 3. The predicted molar refractivity (Wildman–Crippen MR) is 46.0 cm³/mol. The maximum absolute atomic E-state index is 11.3. The molecule has 3 nitrogen and oxygen atoms in total. The first-order chi connectivity index (χ1) is 6.25. The fourth-order valence-corrected chi connectivity index (χ4v) is 2.41. The Morgan fingerprint density at radius 1 is 1.62 bits per heavy atom. The molecule has 0 aromatic heterocycles. The van der Waals surface area contributed by atoms with E-state index in [-0.39, 0.29) is 23.6 Å². The smallest absolute Gasteiger partial charge is 0.309 e. The lowest BCUT2D eigenvalue weighted by Gasteiger charge is -2.04. The van der Waals surface area contributed by atoms with Gasteiger partial charge in [-0.3, -0.25) is 9.59 Å². The summed E-state index contributed by atoms with van der Waals surface area (Å²) in [5, 5.41) is 0. The SMILES string of the molecule is CCOC(=O)[C@H]1[C@@H]2CCCC(=O)[C@@H]21. The van der Waals surface area contributed by atoms with Gasteiger partial charge in [0.2, 0.25) is 0 Å². The summed E-state index contributed by atoms with van der Waals surface area (Å²) < 4.78 is 4.91. The van der Waals surface area contributed by atoms with Crippen molar-refractivity contribution < 1.29 is 14.3 Å². The van der Waals surface area contributed by atoms with Crippen molar-refractivity contribution in [3.63, 3.8) is 0 Å². The van der Waals surface area contributed by atoms with E-state index in [4.69, 9.17) is 4.74 Å². The van der Waals surface area contributed by atoms with E-state index in [0.29, 0.717) is 18.9 Å².